The van der Waals surface area contributed by atoms with Crippen LogP contribution in [0.4, 0.5) is 11.5 Å². The summed E-state index contributed by atoms with van der Waals surface area (Å²) in [5.74, 6) is 0.907. The van der Waals surface area contributed by atoms with E-state index in [1.165, 1.54) is 12.0 Å². The van der Waals surface area contributed by atoms with Gasteiger partial charge < -0.3 is 10.6 Å². The summed E-state index contributed by atoms with van der Waals surface area (Å²) in [5, 5.41) is 0. The van der Waals surface area contributed by atoms with Crippen LogP contribution in [-0.4, -0.2) is 16.5 Å². The smallest absolute Gasteiger partial charge is 0.152 e. The Morgan fingerprint density at radius 1 is 1.32 bits per heavy atom. The van der Waals surface area contributed by atoms with Gasteiger partial charge in [0.05, 0.1) is 11.7 Å². The van der Waals surface area contributed by atoms with Crippen LogP contribution in [0.15, 0.2) is 36.8 Å². The van der Waals surface area contributed by atoms with Gasteiger partial charge >= 0.3 is 0 Å². The molecule has 19 heavy (non-hydrogen) atoms. The van der Waals surface area contributed by atoms with Crippen molar-refractivity contribution in [1.82, 2.24) is 9.97 Å². The van der Waals surface area contributed by atoms with E-state index in [1.807, 2.05) is 31.6 Å². The second-order valence-corrected chi connectivity index (χ2v) is 5.06. The summed E-state index contributed by atoms with van der Waals surface area (Å²) in [6.07, 6.45) is 7.88. The average Bonchev–Trinajstić information content (AvgIpc) is 2.89. The third kappa shape index (κ3) is 2.26. The molecule has 1 unspecified atom stereocenters. The fraction of sp³-hybridized carbons (Fsp3) is 0.333. The zero-order valence-corrected chi connectivity index (χ0v) is 11.1. The number of hydrogen-bond acceptors (Lipinski definition) is 4. The molecule has 4 nitrogen and oxygen atoms in total. The maximum Gasteiger partial charge on any atom is 0.152 e. The first-order valence-electron chi connectivity index (χ1n) is 6.64. The van der Waals surface area contributed by atoms with Crippen LogP contribution in [0.25, 0.3) is 0 Å². The van der Waals surface area contributed by atoms with Crippen molar-refractivity contribution in [3.05, 3.63) is 47.9 Å². The lowest BCUT2D eigenvalue weighted by Crippen LogP contribution is -2.24. The van der Waals surface area contributed by atoms with Crippen molar-refractivity contribution in [2.75, 3.05) is 17.2 Å². The molecule has 0 bridgehead atoms. The monoisotopic (exact) mass is 254 g/mol. The molecule has 1 aliphatic heterocycles. The van der Waals surface area contributed by atoms with Gasteiger partial charge in [0.25, 0.3) is 0 Å². The van der Waals surface area contributed by atoms with E-state index in [0.717, 1.165) is 30.0 Å². The predicted octanol–water partition coefficient (Wildman–Crippen LogP) is 2.71. The predicted molar refractivity (Wildman–Crippen MR) is 76.9 cm³/mol. The number of nitrogen functional groups attached to an aromatic ring is 1. The van der Waals surface area contributed by atoms with Crippen LogP contribution < -0.4 is 10.6 Å². The van der Waals surface area contributed by atoms with Gasteiger partial charge in [-0.3, -0.25) is 4.98 Å². The number of hydrogen-bond donors (Lipinski definition) is 1. The Morgan fingerprint density at radius 2 is 2.11 bits per heavy atom. The molecule has 4 heteroatoms. The molecule has 0 aliphatic carbocycles. The summed E-state index contributed by atoms with van der Waals surface area (Å²) in [6, 6.07) is 6.51. The van der Waals surface area contributed by atoms with E-state index in [1.54, 1.807) is 0 Å². The highest BCUT2D eigenvalue weighted by atomic mass is 15.2. The van der Waals surface area contributed by atoms with Gasteiger partial charge in [0.15, 0.2) is 5.82 Å². The highest BCUT2D eigenvalue weighted by Crippen LogP contribution is 2.37. The molecule has 98 valence electrons. The minimum absolute atomic E-state index is 0.362. The molecule has 1 atom stereocenters. The lowest BCUT2D eigenvalue weighted by Gasteiger charge is -2.27. The van der Waals surface area contributed by atoms with Crippen LogP contribution in [0.1, 0.15) is 30.0 Å². The van der Waals surface area contributed by atoms with Crippen LogP contribution in [0.5, 0.6) is 0 Å². The number of nitrogens with two attached hydrogens (primary N) is 1. The zero-order valence-electron chi connectivity index (χ0n) is 11.1. The van der Waals surface area contributed by atoms with E-state index < -0.39 is 0 Å². The molecule has 2 aromatic heterocycles. The Hall–Kier alpha value is -2.10. The van der Waals surface area contributed by atoms with Crippen LogP contribution >= 0.6 is 0 Å². The fourth-order valence-electron chi connectivity index (χ4n) is 2.78. The first-order chi connectivity index (χ1) is 9.25. The lowest BCUT2D eigenvalue weighted by atomic mass is 10.1. The Morgan fingerprint density at radius 3 is 2.84 bits per heavy atom. The number of nitrogens with zero attached hydrogens (tertiary/aromatic N) is 3. The van der Waals surface area contributed by atoms with Gasteiger partial charge in [-0.1, -0.05) is 0 Å². The Labute approximate surface area is 113 Å². The SMILES string of the molecule is Cc1cnc(N2CCCC2c2ccncc2)c(N)c1. The average molecular weight is 254 g/mol. The summed E-state index contributed by atoms with van der Waals surface area (Å²) in [7, 11) is 0. The lowest BCUT2D eigenvalue weighted by molar-refractivity contribution is 0.711. The first-order valence-corrected chi connectivity index (χ1v) is 6.64. The van der Waals surface area contributed by atoms with E-state index in [9.17, 15) is 0 Å². The normalized spacial score (nSPS) is 18.8. The topological polar surface area (TPSA) is 55.0 Å². The van der Waals surface area contributed by atoms with Gasteiger partial charge in [0.2, 0.25) is 0 Å². The summed E-state index contributed by atoms with van der Waals surface area (Å²) in [5.41, 5.74) is 9.27. The second kappa shape index (κ2) is 4.88. The molecule has 3 rings (SSSR count). The fourth-order valence-corrected chi connectivity index (χ4v) is 2.78. The van der Waals surface area contributed by atoms with Gasteiger partial charge in [0.1, 0.15) is 0 Å². The molecule has 3 heterocycles. The van der Waals surface area contributed by atoms with E-state index in [4.69, 9.17) is 5.73 Å². The molecule has 0 saturated carbocycles. The van der Waals surface area contributed by atoms with Gasteiger partial charge in [-0.15, -0.1) is 0 Å². The molecule has 1 aliphatic rings. The minimum Gasteiger partial charge on any atom is -0.396 e. The van der Waals surface area contributed by atoms with Crippen molar-refractivity contribution < 1.29 is 0 Å². The largest absolute Gasteiger partial charge is 0.396 e. The minimum atomic E-state index is 0.362. The highest BCUT2D eigenvalue weighted by Gasteiger charge is 2.28. The number of aromatic nitrogens is 2. The summed E-state index contributed by atoms with van der Waals surface area (Å²) < 4.78 is 0. The van der Waals surface area contributed by atoms with Crippen LogP contribution in [0, 0.1) is 6.92 Å². The van der Waals surface area contributed by atoms with E-state index >= 15 is 0 Å². The molecule has 1 saturated heterocycles. The molecular formula is C15H18N4. The van der Waals surface area contributed by atoms with Crippen molar-refractivity contribution >= 4 is 11.5 Å². The third-order valence-electron chi connectivity index (χ3n) is 3.65. The van der Waals surface area contributed by atoms with Crippen molar-refractivity contribution in [1.29, 1.82) is 0 Å². The molecule has 0 radical (unpaired) electrons. The molecular weight excluding hydrogens is 236 g/mol. The Bertz CT molecular complexity index is 568. The maximum absolute atomic E-state index is 6.12. The van der Waals surface area contributed by atoms with E-state index in [2.05, 4.69) is 27.0 Å². The number of rotatable bonds is 2. The van der Waals surface area contributed by atoms with Gasteiger partial charge in [0, 0.05) is 25.1 Å². The van der Waals surface area contributed by atoms with Crippen molar-refractivity contribution in [3.8, 4) is 0 Å². The molecule has 2 N–H and O–H groups in total. The molecule has 0 spiro atoms. The molecule has 1 fully saturated rings. The van der Waals surface area contributed by atoms with Crippen LogP contribution in [-0.2, 0) is 0 Å². The van der Waals surface area contributed by atoms with Crippen molar-refractivity contribution in [3.63, 3.8) is 0 Å². The van der Waals surface area contributed by atoms with Crippen molar-refractivity contribution in [2.45, 2.75) is 25.8 Å². The molecule has 2 aromatic rings. The van der Waals surface area contributed by atoms with Gasteiger partial charge in [-0.2, -0.15) is 0 Å². The van der Waals surface area contributed by atoms with Crippen LogP contribution in [0.3, 0.4) is 0 Å². The van der Waals surface area contributed by atoms with Crippen molar-refractivity contribution in [2.24, 2.45) is 0 Å². The number of aryl methyl sites for hydroxylation is 1. The summed E-state index contributed by atoms with van der Waals surface area (Å²) >= 11 is 0. The molecule has 0 amide bonds. The Kier molecular flexibility index (Phi) is 3.07. The van der Waals surface area contributed by atoms with E-state index in [0.29, 0.717) is 6.04 Å². The zero-order chi connectivity index (χ0) is 13.2. The number of anilines is 2. The van der Waals surface area contributed by atoms with Gasteiger partial charge in [-0.05, 0) is 49.1 Å². The van der Waals surface area contributed by atoms with Gasteiger partial charge in [-0.25, -0.2) is 4.98 Å². The third-order valence-corrected chi connectivity index (χ3v) is 3.65. The van der Waals surface area contributed by atoms with E-state index in [-0.39, 0.29) is 0 Å². The first kappa shape index (κ1) is 12.0. The quantitative estimate of drug-likeness (QED) is 0.895. The molecule has 0 aromatic carbocycles. The second-order valence-electron chi connectivity index (χ2n) is 5.06. The highest BCUT2D eigenvalue weighted by molar-refractivity contribution is 5.64. The Balaban J connectivity index is 1.95. The number of pyridine rings is 2. The summed E-state index contributed by atoms with van der Waals surface area (Å²) in [4.78, 5) is 10.9. The van der Waals surface area contributed by atoms with Crippen LogP contribution in [0.2, 0.25) is 0 Å². The standard InChI is InChI=1S/C15H18N4/c1-11-9-13(16)15(18-10-11)19-8-2-3-14(19)12-4-6-17-7-5-12/h4-7,9-10,14H,2-3,8,16H2,1H3. The maximum atomic E-state index is 6.12. The summed E-state index contributed by atoms with van der Waals surface area (Å²) in [6.45, 7) is 3.02.